The Morgan fingerprint density at radius 3 is 2.61 bits per heavy atom. The van der Waals surface area contributed by atoms with E-state index in [4.69, 9.17) is 9.73 Å². The van der Waals surface area contributed by atoms with Crippen LogP contribution < -0.4 is 9.64 Å². The number of nitrogens with zero attached hydrogens (tertiary/aromatic N) is 3. The first-order valence-corrected chi connectivity index (χ1v) is 10.2. The summed E-state index contributed by atoms with van der Waals surface area (Å²) in [7, 11) is 0. The fraction of sp³-hybridized carbons (Fsp3) is 0.333. The normalized spacial score (nSPS) is 21.6. The molecule has 0 saturated heterocycles. The van der Waals surface area contributed by atoms with Gasteiger partial charge < -0.3 is 9.64 Å². The molecule has 0 amide bonds. The van der Waals surface area contributed by atoms with E-state index in [0.717, 1.165) is 41.6 Å². The van der Waals surface area contributed by atoms with Gasteiger partial charge in [-0.1, -0.05) is 38.1 Å². The van der Waals surface area contributed by atoms with E-state index < -0.39 is 5.72 Å². The molecule has 1 aromatic heterocycles. The van der Waals surface area contributed by atoms with E-state index in [2.05, 4.69) is 61.0 Å². The number of benzene rings is 2. The van der Waals surface area contributed by atoms with Gasteiger partial charge in [0.05, 0.1) is 11.6 Å². The van der Waals surface area contributed by atoms with Gasteiger partial charge in [-0.2, -0.15) is 0 Å². The van der Waals surface area contributed by atoms with Gasteiger partial charge in [0.2, 0.25) is 5.72 Å². The van der Waals surface area contributed by atoms with Crippen LogP contribution in [0.1, 0.15) is 39.2 Å². The monoisotopic (exact) mass is 371 g/mol. The van der Waals surface area contributed by atoms with Crippen LogP contribution in [0, 0.1) is 0 Å². The van der Waals surface area contributed by atoms with E-state index in [9.17, 15) is 0 Å². The third-order valence-corrected chi connectivity index (χ3v) is 6.71. The number of likely N-dealkylation sites (N-methyl/N-ethyl adjacent to an activating group) is 1. The van der Waals surface area contributed by atoms with Crippen molar-refractivity contribution in [1.29, 1.82) is 0 Å². The van der Waals surface area contributed by atoms with Crippen molar-refractivity contribution in [3.05, 3.63) is 60.4 Å². The van der Waals surface area contributed by atoms with E-state index in [-0.39, 0.29) is 5.41 Å². The van der Waals surface area contributed by atoms with E-state index in [1.807, 2.05) is 30.7 Å². The maximum absolute atomic E-state index is 7.01. The predicted molar refractivity (Wildman–Crippen MR) is 115 cm³/mol. The Morgan fingerprint density at radius 2 is 1.82 bits per heavy atom. The Morgan fingerprint density at radius 1 is 1.00 bits per heavy atom. The van der Waals surface area contributed by atoms with Gasteiger partial charge in [0.15, 0.2) is 5.75 Å². The molecule has 2 aromatic carbocycles. The molecule has 5 rings (SSSR count). The highest BCUT2D eigenvalue weighted by atomic mass is 16.5. The van der Waals surface area contributed by atoms with Crippen LogP contribution in [0.3, 0.4) is 0 Å². The van der Waals surface area contributed by atoms with Gasteiger partial charge >= 0.3 is 0 Å². The smallest absolute Gasteiger partial charge is 0.229 e. The highest BCUT2D eigenvalue weighted by Crippen LogP contribution is 2.57. The van der Waals surface area contributed by atoms with Crippen LogP contribution in [-0.4, -0.2) is 23.5 Å². The number of para-hydroxylation sites is 1. The lowest BCUT2D eigenvalue weighted by Crippen LogP contribution is -2.63. The van der Waals surface area contributed by atoms with Crippen molar-refractivity contribution in [2.75, 3.05) is 11.4 Å². The highest BCUT2D eigenvalue weighted by molar-refractivity contribution is 5.97. The van der Waals surface area contributed by atoms with Gasteiger partial charge in [0.25, 0.3) is 0 Å². The summed E-state index contributed by atoms with van der Waals surface area (Å²) < 4.78 is 7.01. The molecular weight excluding hydrogens is 346 g/mol. The van der Waals surface area contributed by atoms with Crippen LogP contribution in [0.5, 0.6) is 5.75 Å². The number of ether oxygens (including phenoxy) is 1. The molecule has 3 heterocycles. The average molecular weight is 371 g/mol. The van der Waals surface area contributed by atoms with Crippen LogP contribution in [0.2, 0.25) is 0 Å². The quantitative estimate of drug-likeness (QED) is 0.599. The van der Waals surface area contributed by atoms with Crippen molar-refractivity contribution in [2.24, 2.45) is 4.99 Å². The molecule has 1 atom stereocenters. The number of anilines is 1. The highest BCUT2D eigenvalue weighted by Gasteiger charge is 2.62. The molecule has 1 spiro atoms. The maximum atomic E-state index is 7.01. The van der Waals surface area contributed by atoms with Gasteiger partial charge in [0.1, 0.15) is 5.69 Å². The van der Waals surface area contributed by atoms with Gasteiger partial charge in [-0.05, 0) is 48.9 Å². The number of hydrogen-bond acceptors (Lipinski definition) is 4. The third kappa shape index (κ3) is 1.95. The molecule has 0 N–H and O–H groups in total. The summed E-state index contributed by atoms with van der Waals surface area (Å²) in [5.41, 5.74) is 2.69. The van der Waals surface area contributed by atoms with E-state index in [1.54, 1.807) is 0 Å². The molecule has 28 heavy (non-hydrogen) atoms. The van der Waals surface area contributed by atoms with Gasteiger partial charge in [-0.25, -0.2) is 0 Å². The van der Waals surface area contributed by atoms with Crippen molar-refractivity contribution >= 4 is 28.4 Å². The Kier molecular flexibility index (Phi) is 3.73. The zero-order valence-corrected chi connectivity index (χ0v) is 16.6. The van der Waals surface area contributed by atoms with E-state index in [0.29, 0.717) is 0 Å². The minimum atomic E-state index is -0.633. The summed E-state index contributed by atoms with van der Waals surface area (Å²) in [4.78, 5) is 11.7. The molecule has 0 bridgehead atoms. The number of fused-ring (bicyclic) bond motifs is 4. The molecule has 2 aliphatic heterocycles. The Labute approximate surface area is 165 Å². The average Bonchev–Trinajstić information content (AvgIpc) is 2.98. The van der Waals surface area contributed by atoms with Crippen molar-refractivity contribution < 1.29 is 4.74 Å². The van der Waals surface area contributed by atoms with Crippen LogP contribution in [0.15, 0.2) is 59.9 Å². The minimum Gasteiger partial charge on any atom is -0.459 e. The molecule has 2 aliphatic rings. The molecule has 3 aromatic rings. The number of pyridine rings is 1. The largest absolute Gasteiger partial charge is 0.459 e. The van der Waals surface area contributed by atoms with Crippen LogP contribution in [0.25, 0.3) is 10.8 Å². The van der Waals surface area contributed by atoms with Gasteiger partial charge in [-0.3, -0.25) is 9.98 Å². The fourth-order valence-corrected chi connectivity index (χ4v) is 5.30. The van der Waals surface area contributed by atoms with Crippen molar-refractivity contribution in [3.63, 3.8) is 0 Å². The summed E-state index contributed by atoms with van der Waals surface area (Å²) in [6.45, 7) is 7.57. The molecular formula is C24H25N3O. The summed E-state index contributed by atoms with van der Waals surface area (Å²) in [6.07, 6.45) is 7.71. The van der Waals surface area contributed by atoms with Crippen LogP contribution in [-0.2, 0) is 5.41 Å². The lowest BCUT2D eigenvalue weighted by atomic mass is 9.70. The van der Waals surface area contributed by atoms with Crippen LogP contribution in [0.4, 0.5) is 11.4 Å². The Bertz CT molecular complexity index is 1090. The summed E-state index contributed by atoms with van der Waals surface area (Å²) >= 11 is 0. The summed E-state index contributed by atoms with van der Waals surface area (Å²) in [6, 6.07) is 14.9. The lowest BCUT2D eigenvalue weighted by molar-refractivity contribution is 0.0557. The second-order valence-electron chi connectivity index (χ2n) is 7.62. The molecule has 142 valence electrons. The van der Waals surface area contributed by atoms with E-state index in [1.165, 1.54) is 11.3 Å². The third-order valence-electron chi connectivity index (χ3n) is 6.71. The Hall–Kier alpha value is -2.88. The Balaban J connectivity index is 1.79. The van der Waals surface area contributed by atoms with Gasteiger partial charge in [-0.15, -0.1) is 0 Å². The minimum absolute atomic E-state index is 0.162. The first kappa shape index (κ1) is 17.2. The standard InChI is InChI=1S/C24H25N3O/c1-4-23(5-2)19-9-7-8-10-21(19)27(6-3)24(23)16-26-20-12-11-17-13-14-25-15-18(17)22(20)28-24/h7-16H,4-6H2,1-3H3. The van der Waals surface area contributed by atoms with E-state index >= 15 is 0 Å². The second kappa shape index (κ2) is 6.06. The zero-order valence-electron chi connectivity index (χ0n) is 16.6. The second-order valence-corrected chi connectivity index (χ2v) is 7.62. The number of aliphatic imine (C=N–C) groups is 1. The fourth-order valence-electron chi connectivity index (χ4n) is 5.30. The summed E-state index contributed by atoms with van der Waals surface area (Å²) in [5, 5.41) is 2.14. The SMILES string of the molecule is CCN1c2ccccc2C(CC)(CC)C12C=Nc1ccc3ccncc3c1O2. The first-order valence-electron chi connectivity index (χ1n) is 10.2. The molecule has 4 heteroatoms. The summed E-state index contributed by atoms with van der Waals surface area (Å²) in [5.74, 6) is 0.839. The number of aromatic nitrogens is 1. The number of rotatable bonds is 3. The number of hydrogen-bond donors (Lipinski definition) is 0. The predicted octanol–water partition coefficient (Wildman–Crippen LogP) is 5.62. The molecule has 1 unspecified atom stereocenters. The molecule has 0 radical (unpaired) electrons. The topological polar surface area (TPSA) is 37.7 Å². The van der Waals surface area contributed by atoms with Crippen molar-refractivity contribution in [3.8, 4) is 5.75 Å². The maximum Gasteiger partial charge on any atom is 0.229 e. The van der Waals surface area contributed by atoms with Gasteiger partial charge in [0, 0.05) is 30.0 Å². The molecule has 0 aliphatic carbocycles. The molecule has 4 nitrogen and oxygen atoms in total. The van der Waals surface area contributed by atoms with Crippen molar-refractivity contribution in [2.45, 2.75) is 44.8 Å². The first-order chi connectivity index (χ1) is 13.7. The molecule has 0 saturated carbocycles. The van der Waals surface area contributed by atoms with Crippen LogP contribution >= 0.6 is 0 Å². The zero-order chi connectivity index (χ0) is 19.4. The lowest BCUT2D eigenvalue weighted by Gasteiger charge is -2.48. The molecule has 0 fully saturated rings. The van der Waals surface area contributed by atoms with Crippen molar-refractivity contribution in [1.82, 2.24) is 4.98 Å².